The second-order valence-electron chi connectivity index (χ2n) is 7.00. The van der Waals surface area contributed by atoms with Crippen molar-refractivity contribution in [1.29, 1.82) is 0 Å². The first-order valence-corrected chi connectivity index (χ1v) is 10.0. The van der Waals surface area contributed by atoms with Crippen LogP contribution in [0.25, 0.3) is 10.9 Å². The highest BCUT2D eigenvalue weighted by Gasteiger charge is 2.23. The fourth-order valence-electron chi connectivity index (χ4n) is 3.65. The van der Waals surface area contributed by atoms with Crippen LogP contribution < -0.4 is 15.0 Å². The molecule has 0 unspecified atom stereocenters. The van der Waals surface area contributed by atoms with Crippen molar-refractivity contribution in [3.8, 4) is 11.5 Å². The van der Waals surface area contributed by atoms with E-state index in [-0.39, 0.29) is 23.4 Å². The lowest BCUT2D eigenvalue weighted by Crippen LogP contribution is -2.39. The van der Waals surface area contributed by atoms with Crippen LogP contribution in [0.3, 0.4) is 0 Å². The van der Waals surface area contributed by atoms with Gasteiger partial charge in [0.2, 0.25) is 5.91 Å². The summed E-state index contributed by atoms with van der Waals surface area (Å²) >= 11 is 12.1. The molecule has 156 valence electrons. The van der Waals surface area contributed by atoms with Crippen LogP contribution in [0.2, 0.25) is 10.0 Å². The molecule has 4 rings (SSSR count). The Hall–Kier alpha value is -2.77. The van der Waals surface area contributed by atoms with Gasteiger partial charge in [-0.15, -0.1) is 0 Å². The maximum atomic E-state index is 12.9. The largest absolute Gasteiger partial charge is 0.493 e. The number of benzene rings is 2. The molecule has 0 saturated carbocycles. The second-order valence-corrected chi connectivity index (χ2v) is 7.85. The Morgan fingerprint density at radius 3 is 2.50 bits per heavy atom. The van der Waals surface area contributed by atoms with Gasteiger partial charge in [-0.3, -0.25) is 14.2 Å². The number of methoxy groups -OCH3 is 2. The molecule has 1 aromatic heterocycles. The standard InChI is InChI=1S/C21H19Cl2N3O4/c1-29-17-5-12-3-4-25(9-13(12)6-18(17)30-2)19(27)10-26-11-24-20-15(21(26)28)7-14(22)8-16(20)23/h5-8,11H,3-4,9-10H2,1-2H3. The minimum Gasteiger partial charge on any atom is -0.493 e. The lowest BCUT2D eigenvalue weighted by Gasteiger charge is -2.29. The lowest BCUT2D eigenvalue weighted by atomic mass is 9.98. The van der Waals surface area contributed by atoms with Gasteiger partial charge in [-0.2, -0.15) is 0 Å². The molecular formula is C21H19Cl2N3O4. The van der Waals surface area contributed by atoms with Gasteiger partial charge in [0.05, 0.1) is 36.5 Å². The van der Waals surface area contributed by atoms with Crippen molar-refractivity contribution >= 4 is 40.0 Å². The number of nitrogens with zero attached hydrogens (tertiary/aromatic N) is 3. The second kappa shape index (κ2) is 8.16. The van der Waals surface area contributed by atoms with E-state index in [1.54, 1.807) is 19.1 Å². The zero-order valence-electron chi connectivity index (χ0n) is 16.4. The Labute approximate surface area is 182 Å². The van der Waals surface area contributed by atoms with E-state index in [2.05, 4.69) is 4.98 Å². The van der Waals surface area contributed by atoms with Crippen LogP contribution in [-0.2, 0) is 24.3 Å². The average molecular weight is 448 g/mol. The topological polar surface area (TPSA) is 73.7 Å². The first-order chi connectivity index (χ1) is 14.4. The molecule has 0 N–H and O–H groups in total. The molecule has 0 bridgehead atoms. The maximum absolute atomic E-state index is 12.9. The first-order valence-electron chi connectivity index (χ1n) is 9.27. The number of fused-ring (bicyclic) bond motifs is 2. The monoisotopic (exact) mass is 447 g/mol. The Morgan fingerprint density at radius 1 is 1.10 bits per heavy atom. The van der Waals surface area contributed by atoms with E-state index in [1.807, 2.05) is 12.1 Å². The van der Waals surface area contributed by atoms with Gasteiger partial charge in [-0.25, -0.2) is 4.98 Å². The highest BCUT2D eigenvalue weighted by molar-refractivity contribution is 6.38. The summed E-state index contributed by atoms with van der Waals surface area (Å²) in [5.41, 5.74) is 2.12. The molecule has 2 aromatic carbocycles. The molecule has 1 aliphatic rings. The van der Waals surface area contributed by atoms with Gasteiger partial charge in [-0.05, 0) is 41.8 Å². The minimum atomic E-state index is -0.360. The van der Waals surface area contributed by atoms with Gasteiger partial charge in [0.25, 0.3) is 5.56 Å². The quantitative estimate of drug-likeness (QED) is 0.613. The third kappa shape index (κ3) is 3.70. The summed E-state index contributed by atoms with van der Waals surface area (Å²) in [7, 11) is 3.17. The van der Waals surface area contributed by atoms with Crippen LogP contribution in [-0.4, -0.2) is 41.1 Å². The summed E-state index contributed by atoms with van der Waals surface area (Å²) in [5.74, 6) is 1.11. The van der Waals surface area contributed by atoms with E-state index in [0.29, 0.717) is 46.6 Å². The highest BCUT2D eigenvalue weighted by atomic mass is 35.5. The summed E-state index contributed by atoms with van der Waals surface area (Å²) in [4.78, 5) is 31.7. The number of hydrogen-bond donors (Lipinski definition) is 0. The molecule has 0 spiro atoms. The van der Waals surface area contributed by atoms with Crippen molar-refractivity contribution in [2.75, 3.05) is 20.8 Å². The Bertz CT molecular complexity index is 1210. The van der Waals surface area contributed by atoms with Crippen molar-refractivity contribution in [2.45, 2.75) is 19.5 Å². The van der Waals surface area contributed by atoms with Crippen LogP contribution in [0, 0.1) is 0 Å². The van der Waals surface area contributed by atoms with Crippen LogP contribution in [0.15, 0.2) is 35.4 Å². The molecule has 0 fully saturated rings. The van der Waals surface area contributed by atoms with Gasteiger partial charge in [0.15, 0.2) is 11.5 Å². The number of carbonyl (C=O) groups is 1. The SMILES string of the molecule is COc1cc2c(cc1OC)CN(C(=O)Cn1cnc3c(Cl)cc(Cl)cc3c1=O)CC2. The van der Waals surface area contributed by atoms with Crippen molar-refractivity contribution < 1.29 is 14.3 Å². The first kappa shape index (κ1) is 20.5. The number of ether oxygens (including phenoxy) is 2. The Kier molecular flexibility index (Phi) is 5.58. The predicted octanol–water partition coefficient (Wildman–Crippen LogP) is 3.31. The number of halogens is 2. The van der Waals surface area contributed by atoms with Gasteiger partial charge in [0, 0.05) is 18.1 Å². The molecule has 0 radical (unpaired) electrons. The van der Waals surface area contributed by atoms with E-state index in [1.165, 1.54) is 23.0 Å². The van der Waals surface area contributed by atoms with Crippen molar-refractivity contribution in [1.82, 2.24) is 14.5 Å². The molecule has 9 heteroatoms. The molecule has 30 heavy (non-hydrogen) atoms. The zero-order chi connectivity index (χ0) is 21.4. The van der Waals surface area contributed by atoms with Crippen LogP contribution in [0.4, 0.5) is 0 Å². The molecular weight excluding hydrogens is 429 g/mol. The molecule has 7 nitrogen and oxygen atoms in total. The molecule has 1 amide bonds. The highest BCUT2D eigenvalue weighted by Crippen LogP contribution is 2.33. The molecule has 0 saturated heterocycles. The minimum absolute atomic E-state index is 0.117. The smallest absolute Gasteiger partial charge is 0.261 e. The Morgan fingerprint density at radius 2 is 1.80 bits per heavy atom. The third-order valence-corrected chi connectivity index (χ3v) is 5.73. The molecule has 1 aliphatic heterocycles. The van der Waals surface area contributed by atoms with Gasteiger partial charge in [0.1, 0.15) is 6.54 Å². The average Bonchev–Trinajstić information content (AvgIpc) is 2.74. The number of hydrogen-bond acceptors (Lipinski definition) is 5. The van der Waals surface area contributed by atoms with E-state index in [4.69, 9.17) is 32.7 Å². The van der Waals surface area contributed by atoms with Gasteiger partial charge >= 0.3 is 0 Å². The number of carbonyl (C=O) groups excluding carboxylic acids is 1. The van der Waals surface area contributed by atoms with Crippen molar-refractivity contribution in [2.24, 2.45) is 0 Å². The van der Waals surface area contributed by atoms with Crippen LogP contribution >= 0.6 is 23.2 Å². The molecule has 0 atom stereocenters. The zero-order valence-corrected chi connectivity index (χ0v) is 18.0. The summed E-state index contributed by atoms with van der Waals surface area (Å²) in [5, 5.41) is 0.918. The number of aromatic nitrogens is 2. The van der Waals surface area contributed by atoms with E-state index in [0.717, 1.165) is 11.1 Å². The lowest BCUT2D eigenvalue weighted by molar-refractivity contribution is -0.132. The van der Waals surface area contributed by atoms with Crippen molar-refractivity contribution in [3.05, 3.63) is 62.1 Å². The maximum Gasteiger partial charge on any atom is 0.261 e. The fraction of sp³-hybridized carbons (Fsp3) is 0.286. The van der Waals surface area contributed by atoms with Gasteiger partial charge < -0.3 is 14.4 Å². The van der Waals surface area contributed by atoms with Crippen LogP contribution in [0.5, 0.6) is 11.5 Å². The molecule has 3 aromatic rings. The predicted molar refractivity (Wildman–Crippen MR) is 115 cm³/mol. The summed E-state index contributed by atoms with van der Waals surface area (Å²) in [6.07, 6.45) is 2.03. The van der Waals surface area contributed by atoms with Gasteiger partial charge in [-0.1, -0.05) is 23.2 Å². The van der Waals surface area contributed by atoms with E-state index >= 15 is 0 Å². The third-order valence-electron chi connectivity index (χ3n) is 5.22. The normalized spacial score (nSPS) is 13.3. The number of amides is 1. The van der Waals surface area contributed by atoms with E-state index in [9.17, 15) is 9.59 Å². The fourth-order valence-corrected chi connectivity index (χ4v) is 4.19. The summed E-state index contributed by atoms with van der Waals surface area (Å²) in [6, 6.07) is 6.88. The van der Waals surface area contributed by atoms with Crippen molar-refractivity contribution in [3.63, 3.8) is 0 Å². The number of rotatable bonds is 4. The molecule has 2 heterocycles. The van der Waals surface area contributed by atoms with E-state index < -0.39 is 0 Å². The van der Waals surface area contributed by atoms with Crippen LogP contribution in [0.1, 0.15) is 11.1 Å². The summed E-state index contributed by atoms with van der Waals surface area (Å²) < 4.78 is 12.0. The molecule has 0 aliphatic carbocycles. The Balaban J connectivity index is 1.58. The summed E-state index contributed by atoms with van der Waals surface area (Å²) in [6.45, 7) is 0.866.